The van der Waals surface area contributed by atoms with Crippen molar-refractivity contribution in [3.8, 4) is 22.8 Å². The first-order chi connectivity index (χ1) is 8.65. The summed E-state index contributed by atoms with van der Waals surface area (Å²) in [6, 6.07) is 3.67. The van der Waals surface area contributed by atoms with Crippen LogP contribution in [0.3, 0.4) is 0 Å². The number of nitrogens with zero attached hydrogens (tertiary/aromatic N) is 1. The molecule has 3 rings (SSSR count). The number of carboxylic acids is 1. The second-order valence-electron chi connectivity index (χ2n) is 3.57. The zero-order chi connectivity index (χ0) is 12.7. The van der Waals surface area contributed by atoms with Crippen LogP contribution in [0.1, 0.15) is 10.5 Å². The monoisotopic (exact) mass is 251 g/mol. The summed E-state index contributed by atoms with van der Waals surface area (Å²) in [5, 5.41) is 12.0. The number of hydrogen-bond acceptors (Lipinski definition) is 5. The second kappa shape index (κ2) is 3.73. The van der Waals surface area contributed by atoms with Gasteiger partial charge in [0.25, 0.3) is 0 Å². The van der Waals surface area contributed by atoms with E-state index in [9.17, 15) is 9.18 Å². The Morgan fingerprint density at radius 3 is 2.67 bits per heavy atom. The molecule has 0 saturated heterocycles. The SMILES string of the molecule is O=C(O)c1cc(-c2cc3c(cc2F)OCO3)on1. The molecule has 1 N–H and O–H groups in total. The number of fused-ring (bicyclic) bond motifs is 1. The van der Waals surface area contributed by atoms with E-state index in [1.165, 1.54) is 6.07 Å². The van der Waals surface area contributed by atoms with Crippen molar-refractivity contribution in [2.45, 2.75) is 0 Å². The van der Waals surface area contributed by atoms with Gasteiger partial charge in [-0.1, -0.05) is 5.16 Å². The molecule has 0 amide bonds. The molecule has 1 aliphatic rings. The zero-order valence-electron chi connectivity index (χ0n) is 8.84. The number of ether oxygens (including phenoxy) is 2. The molecule has 1 aliphatic heterocycles. The van der Waals surface area contributed by atoms with E-state index in [1.54, 1.807) is 0 Å². The normalized spacial score (nSPS) is 12.7. The molecular weight excluding hydrogens is 245 g/mol. The smallest absolute Gasteiger partial charge is 0.358 e. The van der Waals surface area contributed by atoms with Crippen LogP contribution in [0.25, 0.3) is 11.3 Å². The van der Waals surface area contributed by atoms with Gasteiger partial charge in [-0.05, 0) is 6.07 Å². The Morgan fingerprint density at radius 2 is 2.00 bits per heavy atom. The lowest BCUT2D eigenvalue weighted by Gasteiger charge is -2.00. The summed E-state index contributed by atoms with van der Waals surface area (Å²) in [5.74, 6) is -1.16. The van der Waals surface area contributed by atoms with Crippen molar-refractivity contribution in [1.29, 1.82) is 0 Å². The average molecular weight is 251 g/mol. The highest BCUT2D eigenvalue weighted by atomic mass is 19.1. The standard InChI is InChI=1S/C11H6FNO5/c12-6-2-10-9(16-4-17-10)1-5(6)8-3-7(11(14)15)13-18-8/h1-3H,4H2,(H,14,15). The summed E-state index contributed by atoms with van der Waals surface area (Å²) in [5.41, 5.74) is -0.221. The maximum atomic E-state index is 13.8. The van der Waals surface area contributed by atoms with Gasteiger partial charge in [-0.25, -0.2) is 9.18 Å². The lowest BCUT2D eigenvalue weighted by atomic mass is 10.1. The molecule has 18 heavy (non-hydrogen) atoms. The van der Waals surface area contributed by atoms with Crippen LogP contribution in [0.5, 0.6) is 11.5 Å². The first-order valence-electron chi connectivity index (χ1n) is 4.94. The van der Waals surface area contributed by atoms with Crippen molar-refractivity contribution in [2.24, 2.45) is 0 Å². The highest BCUT2D eigenvalue weighted by molar-refractivity contribution is 5.86. The number of carboxylic acid groups (broad SMARTS) is 1. The number of rotatable bonds is 2. The molecule has 2 heterocycles. The van der Waals surface area contributed by atoms with Crippen molar-refractivity contribution in [1.82, 2.24) is 5.16 Å². The lowest BCUT2D eigenvalue weighted by molar-refractivity contribution is 0.0686. The molecule has 0 spiro atoms. The van der Waals surface area contributed by atoms with E-state index >= 15 is 0 Å². The van der Waals surface area contributed by atoms with Crippen LogP contribution in [-0.2, 0) is 0 Å². The van der Waals surface area contributed by atoms with E-state index in [-0.39, 0.29) is 23.8 Å². The van der Waals surface area contributed by atoms with Crippen LogP contribution >= 0.6 is 0 Å². The number of hydrogen-bond donors (Lipinski definition) is 1. The fraction of sp³-hybridized carbons (Fsp3) is 0.0909. The second-order valence-corrected chi connectivity index (χ2v) is 3.57. The van der Waals surface area contributed by atoms with Crippen molar-refractivity contribution >= 4 is 5.97 Å². The topological polar surface area (TPSA) is 81.8 Å². The quantitative estimate of drug-likeness (QED) is 0.877. The molecule has 6 nitrogen and oxygen atoms in total. The minimum atomic E-state index is -1.24. The summed E-state index contributed by atoms with van der Waals surface area (Å²) in [4.78, 5) is 10.7. The van der Waals surface area contributed by atoms with E-state index < -0.39 is 11.8 Å². The van der Waals surface area contributed by atoms with Crippen LogP contribution in [-0.4, -0.2) is 23.0 Å². The minimum Gasteiger partial charge on any atom is -0.476 e. The van der Waals surface area contributed by atoms with Gasteiger partial charge >= 0.3 is 5.97 Å². The Hall–Kier alpha value is -2.57. The first-order valence-corrected chi connectivity index (χ1v) is 4.94. The van der Waals surface area contributed by atoms with Gasteiger partial charge in [0, 0.05) is 12.1 Å². The number of benzene rings is 1. The first kappa shape index (κ1) is 10.6. The molecule has 0 saturated carbocycles. The molecule has 1 aromatic heterocycles. The molecule has 2 aromatic rings. The summed E-state index contributed by atoms with van der Waals surface area (Å²) in [7, 11) is 0. The van der Waals surface area contributed by atoms with E-state index in [1.807, 2.05) is 0 Å². The Bertz CT molecular complexity index is 636. The minimum absolute atomic E-state index is 0.0169. The van der Waals surface area contributed by atoms with Crippen LogP contribution in [0, 0.1) is 5.82 Å². The van der Waals surface area contributed by atoms with E-state index in [4.69, 9.17) is 19.1 Å². The fourth-order valence-corrected chi connectivity index (χ4v) is 1.61. The van der Waals surface area contributed by atoms with Crippen LogP contribution in [0.4, 0.5) is 4.39 Å². The van der Waals surface area contributed by atoms with Gasteiger partial charge in [0.05, 0.1) is 5.56 Å². The van der Waals surface area contributed by atoms with E-state index in [2.05, 4.69) is 5.16 Å². The van der Waals surface area contributed by atoms with Crippen molar-refractivity contribution in [3.05, 3.63) is 29.7 Å². The van der Waals surface area contributed by atoms with Gasteiger partial charge in [0.15, 0.2) is 23.0 Å². The molecular formula is C11H6FNO5. The molecule has 7 heteroatoms. The highest BCUT2D eigenvalue weighted by Crippen LogP contribution is 2.38. The maximum Gasteiger partial charge on any atom is 0.358 e. The third-order valence-corrected chi connectivity index (χ3v) is 2.46. The predicted octanol–water partition coefficient (Wildman–Crippen LogP) is 1.91. The summed E-state index contributed by atoms with van der Waals surface area (Å²) >= 11 is 0. The van der Waals surface area contributed by atoms with Crippen molar-refractivity contribution < 1.29 is 28.3 Å². The Labute approximate surface area is 99.5 Å². The Kier molecular flexibility index (Phi) is 2.19. The molecule has 0 aliphatic carbocycles. The van der Waals surface area contributed by atoms with Gasteiger partial charge in [-0.15, -0.1) is 0 Å². The molecule has 0 bridgehead atoms. The third-order valence-electron chi connectivity index (χ3n) is 2.46. The molecule has 1 aromatic carbocycles. The molecule has 92 valence electrons. The van der Waals surface area contributed by atoms with E-state index in [0.717, 1.165) is 12.1 Å². The maximum absolute atomic E-state index is 13.8. The zero-order valence-corrected chi connectivity index (χ0v) is 8.84. The van der Waals surface area contributed by atoms with Gasteiger partial charge in [-0.3, -0.25) is 0 Å². The van der Waals surface area contributed by atoms with Crippen LogP contribution < -0.4 is 9.47 Å². The fourth-order valence-electron chi connectivity index (χ4n) is 1.61. The number of aromatic nitrogens is 1. The van der Waals surface area contributed by atoms with Crippen molar-refractivity contribution in [2.75, 3.05) is 6.79 Å². The molecule has 0 fully saturated rings. The van der Waals surface area contributed by atoms with Crippen molar-refractivity contribution in [3.63, 3.8) is 0 Å². The molecule has 0 unspecified atom stereocenters. The third kappa shape index (κ3) is 1.56. The summed E-state index contributed by atoms with van der Waals surface area (Å²) in [6.07, 6.45) is 0. The number of carbonyl (C=O) groups is 1. The lowest BCUT2D eigenvalue weighted by Crippen LogP contribution is -1.94. The van der Waals surface area contributed by atoms with Crippen LogP contribution in [0.2, 0.25) is 0 Å². The average Bonchev–Trinajstić information content (AvgIpc) is 2.94. The van der Waals surface area contributed by atoms with Gasteiger partial charge in [0.1, 0.15) is 5.82 Å². The molecule has 0 radical (unpaired) electrons. The van der Waals surface area contributed by atoms with Gasteiger partial charge in [0.2, 0.25) is 6.79 Å². The Morgan fingerprint density at radius 1 is 1.28 bits per heavy atom. The summed E-state index contributed by atoms with van der Waals surface area (Å²) < 4.78 is 28.7. The highest BCUT2D eigenvalue weighted by Gasteiger charge is 2.21. The van der Waals surface area contributed by atoms with E-state index in [0.29, 0.717) is 11.5 Å². The summed E-state index contributed by atoms with van der Waals surface area (Å²) in [6.45, 7) is 0.0228. The van der Waals surface area contributed by atoms with Gasteiger partial charge in [-0.2, -0.15) is 0 Å². The number of aromatic carboxylic acids is 1. The Balaban J connectivity index is 2.08. The largest absolute Gasteiger partial charge is 0.476 e. The van der Waals surface area contributed by atoms with Gasteiger partial charge < -0.3 is 19.1 Å². The van der Waals surface area contributed by atoms with Crippen LogP contribution in [0.15, 0.2) is 22.7 Å². The number of halogens is 1. The predicted molar refractivity (Wildman–Crippen MR) is 55.0 cm³/mol. The molecule has 0 atom stereocenters.